The second-order valence-electron chi connectivity index (χ2n) is 5.79. The topological polar surface area (TPSA) is 90.3 Å². The second-order valence-corrected chi connectivity index (χ2v) is 8.14. The van der Waals surface area contributed by atoms with Crippen molar-refractivity contribution in [1.29, 1.82) is 5.41 Å². The van der Waals surface area contributed by atoms with E-state index >= 15 is 0 Å². The van der Waals surface area contributed by atoms with Crippen molar-refractivity contribution >= 4 is 44.6 Å². The summed E-state index contributed by atoms with van der Waals surface area (Å²) in [7, 11) is 0. The van der Waals surface area contributed by atoms with Crippen molar-refractivity contribution in [2.75, 3.05) is 12.9 Å². The molecule has 2 unspecified atom stereocenters. The number of rotatable bonds is 8. The zero-order chi connectivity index (χ0) is 17.9. The molecule has 0 aliphatic heterocycles. The van der Waals surface area contributed by atoms with Crippen molar-refractivity contribution < 1.29 is 18.9 Å². The van der Waals surface area contributed by atoms with Crippen LogP contribution >= 0.6 is 15.9 Å². The van der Waals surface area contributed by atoms with Crippen LogP contribution in [0.15, 0.2) is 22.7 Å². The molecule has 0 bridgehead atoms. The van der Waals surface area contributed by atoms with Gasteiger partial charge in [-0.05, 0) is 38.0 Å². The fourth-order valence-electron chi connectivity index (χ4n) is 2.52. The average molecular weight is 414 g/mol. The lowest BCUT2D eigenvalue weighted by molar-refractivity contribution is -0.121. The monoisotopic (exact) mass is 413 g/mol. The van der Waals surface area contributed by atoms with Crippen LogP contribution in [0.1, 0.15) is 35.7 Å². The molecule has 1 aliphatic rings. The summed E-state index contributed by atoms with van der Waals surface area (Å²) in [5.74, 6) is -2.14. The molecule has 2 atom stereocenters. The lowest BCUT2D eigenvalue weighted by Gasteiger charge is -2.18. The zero-order valence-electron chi connectivity index (χ0n) is 13.6. The third-order valence-electron chi connectivity index (χ3n) is 3.78. The molecular weight excluding hydrogens is 394 g/mol. The van der Waals surface area contributed by atoms with Crippen molar-refractivity contribution in [2.45, 2.75) is 25.5 Å². The van der Waals surface area contributed by atoms with E-state index in [4.69, 9.17) is 10.1 Å². The van der Waals surface area contributed by atoms with Gasteiger partial charge in [0.2, 0.25) is 0 Å². The predicted molar refractivity (Wildman–Crippen MR) is 96.8 cm³/mol. The highest BCUT2D eigenvalue weighted by atomic mass is 79.9. The molecule has 1 fully saturated rings. The van der Waals surface area contributed by atoms with Crippen LogP contribution < -0.4 is 0 Å². The maximum atomic E-state index is 13.0. The van der Waals surface area contributed by atoms with E-state index in [1.54, 1.807) is 31.4 Å². The number of halogens is 1. The number of benzene rings is 1. The minimum Gasteiger partial charge on any atom is -0.616 e. The number of ketones is 2. The van der Waals surface area contributed by atoms with Crippen molar-refractivity contribution in [3.8, 4) is 0 Å². The Labute approximate surface area is 153 Å². The standard InChI is InChI=1S/C17H20BrNO4S/c1-3-23-17(19)14(15(20)10-4-5-10)16(21)13-7-6-12(18)8-11(13)9-24(2)22/h6-8,10,14,19H,3-5,9H2,1-2H3. The number of carbonyl (C=O) groups excluding carboxylic acids is 2. The molecule has 2 rings (SSSR count). The number of nitrogens with one attached hydrogen (secondary N) is 1. The Balaban J connectivity index is 2.38. The van der Waals surface area contributed by atoms with Gasteiger partial charge in [-0.15, -0.1) is 0 Å². The summed E-state index contributed by atoms with van der Waals surface area (Å²) in [6, 6.07) is 5.05. The summed E-state index contributed by atoms with van der Waals surface area (Å²) in [4.78, 5) is 25.5. The summed E-state index contributed by atoms with van der Waals surface area (Å²) in [6.07, 6.45) is 3.08. The van der Waals surface area contributed by atoms with E-state index in [9.17, 15) is 14.1 Å². The fourth-order valence-corrected chi connectivity index (χ4v) is 3.60. The molecule has 0 radical (unpaired) electrons. The largest absolute Gasteiger partial charge is 0.616 e. The summed E-state index contributed by atoms with van der Waals surface area (Å²) in [5.41, 5.74) is 0.935. The minimum absolute atomic E-state index is 0.154. The quantitative estimate of drug-likeness (QED) is 0.233. The van der Waals surface area contributed by atoms with Gasteiger partial charge >= 0.3 is 0 Å². The number of hydrogen-bond donors (Lipinski definition) is 1. The van der Waals surface area contributed by atoms with E-state index in [-0.39, 0.29) is 30.0 Å². The van der Waals surface area contributed by atoms with Crippen molar-refractivity contribution in [1.82, 2.24) is 0 Å². The van der Waals surface area contributed by atoms with Gasteiger partial charge in [-0.25, -0.2) is 0 Å². The molecule has 5 nitrogen and oxygen atoms in total. The Hall–Kier alpha value is -1.18. The zero-order valence-corrected chi connectivity index (χ0v) is 16.0. The molecule has 1 N–H and O–H groups in total. The van der Waals surface area contributed by atoms with Gasteiger partial charge in [-0.3, -0.25) is 15.0 Å². The molecule has 0 amide bonds. The second kappa shape index (κ2) is 8.27. The molecule has 1 aromatic carbocycles. The van der Waals surface area contributed by atoms with Gasteiger partial charge in [-0.1, -0.05) is 27.1 Å². The molecule has 0 heterocycles. The van der Waals surface area contributed by atoms with E-state index in [1.807, 2.05) is 0 Å². The van der Waals surface area contributed by atoms with E-state index in [1.165, 1.54) is 0 Å². The molecule has 24 heavy (non-hydrogen) atoms. The maximum Gasteiger partial charge on any atom is 0.199 e. The molecule has 1 aliphatic carbocycles. The number of ether oxygens (including phenoxy) is 1. The normalized spacial score (nSPS) is 16.3. The third-order valence-corrected chi connectivity index (χ3v) is 4.99. The van der Waals surface area contributed by atoms with Gasteiger partial charge in [0.25, 0.3) is 0 Å². The Morgan fingerprint density at radius 2 is 2.12 bits per heavy atom. The Bertz CT molecular complexity index is 658. The van der Waals surface area contributed by atoms with E-state index in [0.29, 0.717) is 11.1 Å². The maximum absolute atomic E-state index is 13.0. The van der Waals surface area contributed by atoms with Crippen molar-refractivity contribution in [3.63, 3.8) is 0 Å². The number of carbonyl (C=O) groups is 2. The van der Waals surface area contributed by atoms with E-state index in [2.05, 4.69) is 15.9 Å². The number of hydrogen-bond acceptors (Lipinski definition) is 5. The lowest BCUT2D eigenvalue weighted by Crippen LogP contribution is -2.34. The van der Waals surface area contributed by atoms with Crippen LogP contribution in [0.2, 0.25) is 0 Å². The first-order valence-corrected chi connectivity index (χ1v) is 10.2. The number of Topliss-reactive ketones (excluding diaryl/α,β-unsaturated/α-hetero) is 2. The molecule has 0 spiro atoms. The van der Waals surface area contributed by atoms with Gasteiger partial charge in [0.05, 0.1) is 12.9 Å². The molecule has 0 saturated heterocycles. The van der Waals surface area contributed by atoms with Crippen molar-refractivity contribution in [2.24, 2.45) is 11.8 Å². The summed E-state index contributed by atoms with van der Waals surface area (Å²) >= 11 is 2.22. The summed E-state index contributed by atoms with van der Waals surface area (Å²) in [5, 5.41) is 8.00. The van der Waals surface area contributed by atoms with E-state index < -0.39 is 22.9 Å². The lowest BCUT2D eigenvalue weighted by atomic mass is 9.89. The SMILES string of the molecule is CCOC(=N)C(C(=O)c1ccc(Br)cc1C[S+](C)[O-])C(=O)C1CC1. The molecule has 130 valence electrons. The Kier molecular flexibility index (Phi) is 6.60. The van der Waals surface area contributed by atoms with Crippen LogP contribution in [0.3, 0.4) is 0 Å². The van der Waals surface area contributed by atoms with Crippen LogP contribution in [0, 0.1) is 17.2 Å². The van der Waals surface area contributed by atoms with Gasteiger partial charge in [0.15, 0.2) is 23.4 Å². The van der Waals surface area contributed by atoms with E-state index in [0.717, 1.165) is 17.3 Å². The summed E-state index contributed by atoms with van der Waals surface area (Å²) < 4.78 is 17.5. The first kappa shape index (κ1) is 19.1. The molecule has 7 heteroatoms. The summed E-state index contributed by atoms with van der Waals surface area (Å²) in [6.45, 7) is 1.94. The van der Waals surface area contributed by atoms with Gasteiger partial charge < -0.3 is 9.29 Å². The average Bonchev–Trinajstić information content (AvgIpc) is 3.31. The smallest absolute Gasteiger partial charge is 0.199 e. The first-order chi connectivity index (χ1) is 11.3. The van der Waals surface area contributed by atoms with Crippen LogP contribution in [0.4, 0.5) is 0 Å². The predicted octanol–water partition coefficient (Wildman–Crippen LogP) is 3.12. The van der Waals surface area contributed by atoms with Crippen LogP contribution in [-0.4, -0.2) is 34.9 Å². The van der Waals surface area contributed by atoms with Crippen LogP contribution in [0.5, 0.6) is 0 Å². The minimum atomic E-state index is -1.21. The van der Waals surface area contributed by atoms with Crippen molar-refractivity contribution in [3.05, 3.63) is 33.8 Å². The highest BCUT2D eigenvalue weighted by molar-refractivity contribution is 9.10. The fraction of sp³-hybridized carbons (Fsp3) is 0.471. The van der Waals surface area contributed by atoms with Gasteiger partial charge in [0.1, 0.15) is 5.75 Å². The molecule has 1 saturated carbocycles. The molecular formula is C17H20BrNO4S. The Morgan fingerprint density at radius 3 is 2.67 bits per heavy atom. The highest BCUT2D eigenvalue weighted by Gasteiger charge is 2.42. The van der Waals surface area contributed by atoms with Crippen LogP contribution in [0.25, 0.3) is 0 Å². The molecule has 0 aromatic heterocycles. The first-order valence-electron chi connectivity index (χ1n) is 7.72. The third kappa shape index (κ3) is 4.68. The molecule has 1 aromatic rings. The Morgan fingerprint density at radius 1 is 1.46 bits per heavy atom. The van der Waals surface area contributed by atoms with Gasteiger partial charge in [-0.2, -0.15) is 0 Å². The van der Waals surface area contributed by atoms with Gasteiger partial charge in [0, 0.05) is 21.5 Å². The van der Waals surface area contributed by atoms with Crippen LogP contribution in [-0.2, 0) is 26.5 Å². The highest BCUT2D eigenvalue weighted by Crippen LogP contribution is 2.34.